The Morgan fingerprint density at radius 1 is 1.06 bits per heavy atom. The van der Waals surface area contributed by atoms with E-state index in [0.717, 1.165) is 16.7 Å². The van der Waals surface area contributed by atoms with Crippen LogP contribution in [-0.4, -0.2) is 44.8 Å². The van der Waals surface area contributed by atoms with Gasteiger partial charge in [0.1, 0.15) is 5.75 Å². The lowest BCUT2D eigenvalue weighted by atomic mass is 10.1. The minimum atomic E-state index is -3.45. The van der Waals surface area contributed by atoms with Crippen molar-refractivity contribution in [2.75, 3.05) is 25.5 Å². The highest BCUT2D eigenvalue weighted by Crippen LogP contribution is 2.29. The smallest absolute Gasteiger partial charge is 0.321 e. The molecule has 0 unspecified atom stereocenters. The molecule has 32 heavy (non-hydrogen) atoms. The van der Waals surface area contributed by atoms with E-state index in [0.29, 0.717) is 42.3 Å². The number of likely N-dealkylation sites (tertiary alicyclic amines) is 1. The van der Waals surface area contributed by atoms with Gasteiger partial charge in [0.25, 0.3) is 0 Å². The van der Waals surface area contributed by atoms with Gasteiger partial charge < -0.3 is 15.0 Å². The Labute approximate surface area is 192 Å². The number of benzene rings is 2. The molecule has 1 saturated heterocycles. The molecule has 0 bridgehead atoms. The summed E-state index contributed by atoms with van der Waals surface area (Å²) in [5, 5.41) is 6.43. The molecule has 1 aliphatic heterocycles. The first kappa shape index (κ1) is 22.4. The van der Waals surface area contributed by atoms with Crippen LogP contribution < -0.4 is 10.1 Å². The molecule has 0 spiro atoms. The average molecular weight is 471 g/mol. The summed E-state index contributed by atoms with van der Waals surface area (Å²) in [6.07, 6.45) is 0.819. The zero-order chi connectivity index (χ0) is 22.7. The monoisotopic (exact) mass is 470 g/mol. The van der Waals surface area contributed by atoms with E-state index >= 15 is 0 Å². The van der Waals surface area contributed by atoms with Crippen LogP contribution in [0.5, 0.6) is 5.75 Å². The molecule has 0 aliphatic carbocycles. The maximum Gasteiger partial charge on any atom is 0.321 e. The lowest BCUT2D eigenvalue weighted by molar-refractivity contribution is 0.200. The summed E-state index contributed by atoms with van der Waals surface area (Å²) in [5.41, 5.74) is 3.71. The van der Waals surface area contributed by atoms with Gasteiger partial charge >= 0.3 is 6.03 Å². The van der Waals surface area contributed by atoms with Gasteiger partial charge in [0.05, 0.1) is 22.9 Å². The Bertz CT molecular complexity index is 1180. The second-order valence-electron chi connectivity index (χ2n) is 7.90. The minimum Gasteiger partial charge on any atom is -0.495 e. The Hall–Kier alpha value is -2.84. The fraction of sp³-hybridized carbons (Fsp3) is 0.292. The van der Waals surface area contributed by atoms with Crippen LogP contribution in [0.2, 0.25) is 0 Å². The lowest BCUT2D eigenvalue weighted by Crippen LogP contribution is -2.44. The van der Waals surface area contributed by atoms with Crippen LogP contribution in [-0.2, 0) is 9.84 Å². The number of methoxy groups -OCH3 is 1. The van der Waals surface area contributed by atoms with E-state index in [4.69, 9.17) is 4.74 Å². The van der Waals surface area contributed by atoms with Crippen molar-refractivity contribution in [1.29, 1.82) is 0 Å². The Morgan fingerprint density at radius 2 is 1.78 bits per heavy atom. The van der Waals surface area contributed by atoms with Crippen molar-refractivity contribution in [3.8, 4) is 16.9 Å². The molecular formula is C24H26N2O4S2. The predicted octanol–water partition coefficient (Wildman–Crippen LogP) is 5.20. The molecule has 1 N–H and O–H groups in total. The van der Waals surface area contributed by atoms with Gasteiger partial charge in [0.15, 0.2) is 9.84 Å². The maximum atomic E-state index is 13.1. The van der Waals surface area contributed by atoms with E-state index in [1.54, 1.807) is 35.5 Å². The molecule has 0 atom stereocenters. The van der Waals surface area contributed by atoms with Crippen LogP contribution in [0.25, 0.3) is 11.1 Å². The van der Waals surface area contributed by atoms with E-state index in [2.05, 4.69) is 5.32 Å². The number of rotatable bonds is 5. The normalized spacial score (nSPS) is 14.9. The van der Waals surface area contributed by atoms with E-state index in [9.17, 15) is 13.2 Å². The average Bonchev–Trinajstić information content (AvgIpc) is 3.34. The first-order valence-corrected chi connectivity index (χ1v) is 12.9. The topological polar surface area (TPSA) is 75.7 Å². The van der Waals surface area contributed by atoms with Crippen molar-refractivity contribution in [1.82, 2.24) is 4.90 Å². The highest BCUT2D eigenvalue weighted by Gasteiger charge is 2.33. The molecule has 6 nitrogen and oxygen atoms in total. The molecule has 1 aromatic heterocycles. The number of anilines is 1. The molecule has 2 amide bonds. The number of carbonyl (C=O) groups is 1. The molecule has 168 valence electrons. The van der Waals surface area contributed by atoms with Crippen molar-refractivity contribution in [3.63, 3.8) is 0 Å². The number of nitrogens with one attached hydrogen (secondary N) is 1. The van der Waals surface area contributed by atoms with Crippen molar-refractivity contribution >= 4 is 32.9 Å². The number of ether oxygens (including phenoxy) is 1. The van der Waals surface area contributed by atoms with Crippen molar-refractivity contribution in [3.05, 3.63) is 64.9 Å². The fourth-order valence-electron chi connectivity index (χ4n) is 3.94. The van der Waals surface area contributed by atoms with E-state index in [1.165, 1.54) is 0 Å². The van der Waals surface area contributed by atoms with Gasteiger partial charge in [0.2, 0.25) is 0 Å². The Balaban J connectivity index is 1.39. The molecule has 8 heteroatoms. The zero-order valence-electron chi connectivity index (χ0n) is 18.1. The largest absolute Gasteiger partial charge is 0.495 e. The van der Waals surface area contributed by atoms with Gasteiger partial charge in [-0.3, -0.25) is 0 Å². The summed E-state index contributed by atoms with van der Waals surface area (Å²) in [6.45, 7) is 2.71. The van der Waals surface area contributed by atoms with Crippen molar-refractivity contribution in [2.45, 2.75) is 29.9 Å². The van der Waals surface area contributed by atoms with Gasteiger partial charge in [-0.05, 0) is 77.5 Å². The van der Waals surface area contributed by atoms with Crippen LogP contribution in [0.15, 0.2) is 64.2 Å². The summed E-state index contributed by atoms with van der Waals surface area (Å²) >= 11 is 1.61. The molecule has 4 rings (SSSR count). The number of amides is 2. The molecule has 2 aromatic carbocycles. The molecule has 0 radical (unpaired) electrons. The maximum absolute atomic E-state index is 13.1. The van der Waals surface area contributed by atoms with E-state index < -0.39 is 15.1 Å². The van der Waals surface area contributed by atoms with Crippen LogP contribution >= 0.6 is 11.3 Å². The third-order valence-corrected chi connectivity index (χ3v) is 8.76. The number of aryl methyl sites for hydroxylation is 1. The van der Waals surface area contributed by atoms with Crippen LogP contribution in [0, 0.1) is 6.92 Å². The van der Waals surface area contributed by atoms with Crippen LogP contribution in [0.1, 0.15) is 18.4 Å². The fourth-order valence-corrected chi connectivity index (χ4v) is 6.34. The number of carbonyl (C=O) groups excluding carboxylic acids is 1. The summed E-state index contributed by atoms with van der Waals surface area (Å²) < 4.78 is 31.6. The molecule has 0 saturated carbocycles. The van der Waals surface area contributed by atoms with Crippen molar-refractivity contribution < 1.29 is 17.9 Å². The zero-order valence-corrected chi connectivity index (χ0v) is 19.7. The molecule has 3 aromatic rings. The molecular weight excluding hydrogens is 444 g/mol. The quantitative estimate of drug-likeness (QED) is 0.556. The Kier molecular flexibility index (Phi) is 6.53. The van der Waals surface area contributed by atoms with E-state index in [-0.39, 0.29) is 6.03 Å². The number of urea groups is 1. The van der Waals surface area contributed by atoms with Crippen LogP contribution in [0.3, 0.4) is 0 Å². The second kappa shape index (κ2) is 9.34. The Morgan fingerprint density at radius 3 is 2.41 bits per heavy atom. The van der Waals surface area contributed by atoms with E-state index in [1.807, 2.05) is 54.1 Å². The predicted molar refractivity (Wildman–Crippen MR) is 128 cm³/mol. The first-order valence-electron chi connectivity index (χ1n) is 10.5. The highest BCUT2D eigenvalue weighted by molar-refractivity contribution is 7.92. The number of piperidine rings is 1. The molecule has 1 fully saturated rings. The van der Waals surface area contributed by atoms with Gasteiger partial charge in [-0.1, -0.05) is 18.2 Å². The highest BCUT2D eigenvalue weighted by atomic mass is 32.2. The summed E-state index contributed by atoms with van der Waals surface area (Å²) in [5.74, 6) is 0.590. The lowest BCUT2D eigenvalue weighted by Gasteiger charge is -2.32. The first-order chi connectivity index (χ1) is 15.4. The van der Waals surface area contributed by atoms with Gasteiger partial charge in [0, 0.05) is 13.1 Å². The summed E-state index contributed by atoms with van der Waals surface area (Å²) in [6, 6.07) is 14.4. The van der Waals surface area contributed by atoms with Gasteiger partial charge in [-0.15, -0.1) is 0 Å². The van der Waals surface area contributed by atoms with Crippen LogP contribution in [0.4, 0.5) is 10.5 Å². The number of nitrogens with zero attached hydrogens (tertiary/aromatic N) is 1. The summed E-state index contributed by atoms with van der Waals surface area (Å²) in [4.78, 5) is 14.7. The number of thiophene rings is 1. The summed E-state index contributed by atoms with van der Waals surface area (Å²) in [7, 11) is -1.89. The second-order valence-corrected chi connectivity index (χ2v) is 10.9. The van der Waals surface area contributed by atoms with Crippen molar-refractivity contribution in [2.24, 2.45) is 0 Å². The number of sulfone groups is 1. The molecule has 1 aliphatic rings. The van der Waals surface area contributed by atoms with Gasteiger partial charge in [-0.25, -0.2) is 13.2 Å². The molecule has 2 heterocycles. The third-order valence-electron chi connectivity index (χ3n) is 5.80. The SMILES string of the molecule is COc1ccc(C)cc1NC(=O)N1CCC(S(=O)(=O)c2ccc(-c3ccsc3)cc2)CC1. The van der Waals surface area contributed by atoms with Gasteiger partial charge in [-0.2, -0.15) is 11.3 Å². The number of hydrogen-bond acceptors (Lipinski definition) is 5. The number of hydrogen-bond donors (Lipinski definition) is 1. The minimum absolute atomic E-state index is 0.245. The third kappa shape index (κ3) is 4.66. The standard InChI is InChI=1S/C24H26N2O4S2/c1-17-3-8-23(30-2)22(15-17)25-24(27)26-12-9-21(10-13-26)32(28,29)20-6-4-18(5-7-20)19-11-14-31-16-19/h3-8,11,14-16,21H,9-10,12-13H2,1-2H3,(H,25,27).